The molecule has 1 unspecified atom stereocenters. The summed E-state index contributed by atoms with van der Waals surface area (Å²) >= 11 is 0. The number of para-hydroxylation sites is 1. The second kappa shape index (κ2) is 8.74. The van der Waals surface area contributed by atoms with Crippen molar-refractivity contribution >= 4 is 5.91 Å². The number of nitrogens with one attached hydrogen (secondary N) is 1. The molecule has 0 fully saturated rings. The molecule has 4 aromatic rings. The first-order chi connectivity index (χ1) is 15.1. The maximum atomic E-state index is 13.3. The van der Waals surface area contributed by atoms with Crippen molar-refractivity contribution in [2.45, 2.75) is 6.04 Å². The van der Waals surface area contributed by atoms with Crippen LogP contribution in [-0.2, 0) is 7.05 Å². The van der Waals surface area contributed by atoms with Gasteiger partial charge in [0.05, 0.1) is 26.1 Å². The topological polar surface area (TPSA) is 83.2 Å². The van der Waals surface area contributed by atoms with Gasteiger partial charge in [-0.15, -0.1) is 0 Å². The van der Waals surface area contributed by atoms with E-state index in [1.807, 2.05) is 72.4 Å². The van der Waals surface area contributed by atoms with Crippen LogP contribution in [0.1, 0.15) is 27.9 Å². The van der Waals surface area contributed by atoms with E-state index in [1.165, 1.54) is 7.11 Å². The Hall–Kier alpha value is -4.07. The molecule has 1 atom stereocenters. The van der Waals surface area contributed by atoms with Crippen molar-refractivity contribution < 1.29 is 14.3 Å². The van der Waals surface area contributed by atoms with Crippen LogP contribution in [0, 0.1) is 0 Å². The van der Waals surface area contributed by atoms with E-state index in [0.29, 0.717) is 11.6 Å². The van der Waals surface area contributed by atoms with E-state index >= 15 is 0 Å². The van der Waals surface area contributed by atoms with Crippen LogP contribution in [0.25, 0.3) is 5.69 Å². The molecular formula is C23H23N5O3. The predicted octanol–water partition coefficient (Wildman–Crippen LogP) is 3.14. The maximum Gasteiger partial charge on any atom is 0.276 e. The number of hydrogen-bond acceptors (Lipinski definition) is 5. The standard InChI is InChI=1S/C23H23N5O3/c1-27-14-13-24-22(27)20(16-9-11-18(30-2)12-10-16)25-23(29)21-19(31-3)15-28(26-21)17-7-5-4-6-8-17/h4-15,20H,1-3H3,(H,25,29). The number of carbonyl (C=O) groups is 1. The molecule has 4 rings (SSSR count). The minimum atomic E-state index is -0.481. The highest BCUT2D eigenvalue weighted by atomic mass is 16.5. The van der Waals surface area contributed by atoms with Gasteiger partial charge in [-0.3, -0.25) is 4.79 Å². The molecule has 8 nitrogen and oxygen atoms in total. The fourth-order valence-corrected chi connectivity index (χ4v) is 3.33. The molecule has 0 saturated heterocycles. The lowest BCUT2D eigenvalue weighted by molar-refractivity contribution is 0.0932. The molecule has 0 spiro atoms. The predicted molar refractivity (Wildman–Crippen MR) is 116 cm³/mol. The number of rotatable bonds is 7. The molecule has 1 N–H and O–H groups in total. The zero-order valence-corrected chi connectivity index (χ0v) is 17.5. The van der Waals surface area contributed by atoms with Crippen molar-refractivity contribution in [3.8, 4) is 17.2 Å². The van der Waals surface area contributed by atoms with Gasteiger partial charge in [-0.2, -0.15) is 5.10 Å². The van der Waals surface area contributed by atoms with Crippen LogP contribution in [0.15, 0.2) is 73.2 Å². The lowest BCUT2D eigenvalue weighted by Crippen LogP contribution is -2.31. The quantitative estimate of drug-likeness (QED) is 0.500. The minimum absolute atomic E-state index is 0.194. The van der Waals surface area contributed by atoms with Gasteiger partial charge >= 0.3 is 0 Å². The molecule has 0 radical (unpaired) electrons. The number of carbonyl (C=O) groups excluding carboxylic acids is 1. The zero-order chi connectivity index (χ0) is 21.8. The molecule has 1 amide bonds. The Bertz CT molecular complexity index is 1170. The molecular weight excluding hydrogens is 394 g/mol. The van der Waals surface area contributed by atoms with E-state index in [1.54, 1.807) is 24.2 Å². The third kappa shape index (κ3) is 4.13. The summed E-state index contributed by atoms with van der Waals surface area (Å²) in [5.41, 5.74) is 1.89. The van der Waals surface area contributed by atoms with Crippen LogP contribution >= 0.6 is 0 Å². The second-order valence-corrected chi connectivity index (χ2v) is 6.90. The van der Waals surface area contributed by atoms with Crippen LogP contribution in [-0.4, -0.2) is 39.5 Å². The van der Waals surface area contributed by atoms with Gasteiger partial charge in [-0.05, 0) is 29.8 Å². The Morgan fingerprint density at radius 1 is 1.03 bits per heavy atom. The molecule has 2 heterocycles. The fourth-order valence-electron chi connectivity index (χ4n) is 3.33. The van der Waals surface area contributed by atoms with Gasteiger partial charge in [0.2, 0.25) is 0 Å². The first-order valence-corrected chi connectivity index (χ1v) is 9.72. The van der Waals surface area contributed by atoms with Gasteiger partial charge in [-0.1, -0.05) is 30.3 Å². The molecule has 8 heteroatoms. The first-order valence-electron chi connectivity index (χ1n) is 9.72. The Morgan fingerprint density at radius 2 is 1.77 bits per heavy atom. The summed E-state index contributed by atoms with van der Waals surface area (Å²) in [5, 5.41) is 7.51. The van der Waals surface area contributed by atoms with E-state index < -0.39 is 6.04 Å². The summed E-state index contributed by atoms with van der Waals surface area (Å²) in [7, 11) is 5.01. The first kappa shape index (κ1) is 20.2. The average Bonchev–Trinajstić information content (AvgIpc) is 3.44. The molecule has 158 valence electrons. The van der Waals surface area contributed by atoms with Gasteiger partial charge in [0.25, 0.3) is 5.91 Å². The minimum Gasteiger partial charge on any atom is -0.497 e. The SMILES string of the molecule is COc1ccc(C(NC(=O)c2nn(-c3ccccc3)cc2OC)c2nccn2C)cc1. The summed E-state index contributed by atoms with van der Waals surface area (Å²) in [4.78, 5) is 17.7. The lowest BCUT2D eigenvalue weighted by Gasteiger charge is -2.19. The van der Waals surface area contributed by atoms with Crippen molar-refractivity contribution in [1.82, 2.24) is 24.6 Å². The van der Waals surface area contributed by atoms with Crippen LogP contribution in [0.2, 0.25) is 0 Å². The summed E-state index contributed by atoms with van der Waals surface area (Å²) < 4.78 is 14.2. The molecule has 2 aromatic carbocycles. The van der Waals surface area contributed by atoms with Gasteiger partial charge < -0.3 is 19.4 Å². The normalized spacial score (nSPS) is 11.7. The van der Waals surface area contributed by atoms with Gasteiger partial charge in [0.1, 0.15) is 17.6 Å². The Balaban J connectivity index is 1.68. The van der Waals surface area contributed by atoms with E-state index in [4.69, 9.17) is 9.47 Å². The number of aryl methyl sites for hydroxylation is 1. The highest BCUT2D eigenvalue weighted by molar-refractivity contribution is 5.95. The summed E-state index contributed by atoms with van der Waals surface area (Å²) in [6, 6.07) is 16.6. The number of nitrogens with zero attached hydrogens (tertiary/aromatic N) is 4. The number of methoxy groups -OCH3 is 2. The number of amides is 1. The van der Waals surface area contributed by atoms with Crippen molar-refractivity contribution in [1.29, 1.82) is 0 Å². The molecule has 0 bridgehead atoms. The van der Waals surface area contributed by atoms with Crippen LogP contribution in [0.3, 0.4) is 0 Å². The zero-order valence-electron chi connectivity index (χ0n) is 17.5. The Morgan fingerprint density at radius 3 is 2.39 bits per heavy atom. The monoisotopic (exact) mass is 417 g/mol. The summed E-state index contributed by atoms with van der Waals surface area (Å²) in [6.45, 7) is 0. The van der Waals surface area contributed by atoms with Crippen molar-refractivity contribution in [2.75, 3.05) is 14.2 Å². The molecule has 0 saturated carbocycles. The largest absolute Gasteiger partial charge is 0.497 e. The summed E-state index contributed by atoms with van der Waals surface area (Å²) in [5.74, 6) is 1.45. The van der Waals surface area contributed by atoms with E-state index in [9.17, 15) is 4.79 Å². The third-order valence-electron chi connectivity index (χ3n) is 4.98. The van der Waals surface area contributed by atoms with Crippen LogP contribution < -0.4 is 14.8 Å². The van der Waals surface area contributed by atoms with E-state index in [-0.39, 0.29) is 11.6 Å². The highest BCUT2D eigenvalue weighted by Gasteiger charge is 2.25. The molecule has 0 aliphatic rings. The second-order valence-electron chi connectivity index (χ2n) is 6.90. The third-order valence-corrected chi connectivity index (χ3v) is 4.98. The fraction of sp³-hybridized carbons (Fsp3) is 0.174. The summed E-state index contributed by atoms with van der Waals surface area (Å²) in [6.07, 6.45) is 5.22. The number of benzene rings is 2. The maximum absolute atomic E-state index is 13.3. The van der Waals surface area contributed by atoms with Crippen LogP contribution in [0.4, 0.5) is 0 Å². The van der Waals surface area contributed by atoms with Crippen molar-refractivity contribution in [2.24, 2.45) is 7.05 Å². The molecule has 31 heavy (non-hydrogen) atoms. The van der Waals surface area contributed by atoms with Crippen molar-refractivity contribution in [3.63, 3.8) is 0 Å². The highest BCUT2D eigenvalue weighted by Crippen LogP contribution is 2.25. The molecule has 2 aromatic heterocycles. The number of hydrogen-bond donors (Lipinski definition) is 1. The Labute approximate surface area is 180 Å². The van der Waals surface area contributed by atoms with E-state index in [2.05, 4.69) is 15.4 Å². The van der Waals surface area contributed by atoms with Gasteiger partial charge in [0.15, 0.2) is 11.4 Å². The van der Waals surface area contributed by atoms with Gasteiger partial charge in [0, 0.05) is 19.4 Å². The smallest absolute Gasteiger partial charge is 0.276 e. The van der Waals surface area contributed by atoms with Crippen LogP contribution in [0.5, 0.6) is 11.5 Å². The Kier molecular flexibility index (Phi) is 5.70. The number of aromatic nitrogens is 4. The molecule has 0 aliphatic carbocycles. The van der Waals surface area contributed by atoms with Gasteiger partial charge in [-0.25, -0.2) is 9.67 Å². The average molecular weight is 417 g/mol. The molecule has 0 aliphatic heterocycles. The van der Waals surface area contributed by atoms with E-state index in [0.717, 1.165) is 17.0 Å². The lowest BCUT2D eigenvalue weighted by atomic mass is 10.1. The number of ether oxygens (including phenoxy) is 2. The number of imidazole rings is 1. The van der Waals surface area contributed by atoms with Crippen molar-refractivity contribution in [3.05, 3.63) is 90.3 Å².